The van der Waals surface area contributed by atoms with Gasteiger partial charge in [-0.05, 0) is 0 Å². The van der Waals surface area contributed by atoms with Crippen molar-refractivity contribution in [2.75, 3.05) is 0 Å². The first-order valence-corrected chi connectivity index (χ1v) is 3.31. The van der Waals surface area contributed by atoms with Crippen LogP contribution in [0.1, 0.15) is 19.8 Å². The fourth-order valence-corrected chi connectivity index (χ4v) is 0.958. The molecule has 0 fully saturated rings. The van der Waals surface area contributed by atoms with Gasteiger partial charge in [-0.3, -0.25) is 4.79 Å². The molecule has 1 N–H and O–H groups in total. The summed E-state index contributed by atoms with van der Waals surface area (Å²) in [6, 6.07) is 0. The van der Waals surface area contributed by atoms with Crippen LogP contribution in [0, 0.1) is 0 Å². The van der Waals surface area contributed by atoms with Crippen molar-refractivity contribution in [3.63, 3.8) is 0 Å². The molecular weight excluding hydrogens is 148 g/mol. The number of esters is 1. The van der Waals surface area contributed by atoms with Crippen molar-refractivity contribution in [3.05, 3.63) is 11.3 Å². The van der Waals surface area contributed by atoms with Crippen LogP contribution in [-0.2, 0) is 14.3 Å². The number of hydrogen-bond acceptors (Lipinski definition) is 3. The van der Waals surface area contributed by atoms with E-state index in [9.17, 15) is 9.59 Å². The molecular formula is C7H8O4. The van der Waals surface area contributed by atoms with E-state index in [1.54, 1.807) is 6.92 Å². The zero-order chi connectivity index (χ0) is 8.43. The molecule has 1 aliphatic rings. The fourth-order valence-electron chi connectivity index (χ4n) is 0.958. The number of carbonyl (C=O) groups excluding carboxylic acids is 1. The molecule has 1 heterocycles. The van der Waals surface area contributed by atoms with Gasteiger partial charge in [-0.2, -0.15) is 0 Å². The average molecular weight is 156 g/mol. The minimum Gasteiger partial charge on any atom is -0.478 e. The quantitative estimate of drug-likeness (QED) is 0.597. The Balaban J connectivity index is 2.88. The number of carboxylic acid groups (broad SMARTS) is 1. The fraction of sp³-hybridized carbons (Fsp3) is 0.429. The second-order valence-electron chi connectivity index (χ2n) is 2.21. The van der Waals surface area contributed by atoms with Crippen LogP contribution >= 0.6 is 0 Å². The molecule has 60 valence electrons. The highest BCUT2D eigenvalue weighted by molar-refractivity contribution is 5.96. The number of rotatable bonds is 2. The van der Waals surface area contributed by atoms with Gasteiger partial charge in [-0.1, -0.05) is 6.92 Å². The Hall–Kier alpha value is -1.32. The monoisotopic (exact) mass is 156 g/mol. The molecule has 0 amide bonds. The largest absolute Gasteiger partial charge is 0.478 e. The minimum atomic E-state index is -1.06. The third kappa shape index (κ3) is 1.39. The summed E-state index contributed by atoms with van der Waals surface area (Å²) < 4.78 is 4.64. The van der Waals surface area contributed by atoms with E-state index in [2.05, 4.69) is 4.74 Å². The van der Waals surface area contributed by atoms with Crippen LogP contribution < -0.4 is 0 Å². The SMILES string of the molecule is CCC1=C(C(=O)O)CC(=O)O1. The van der Waals surface area contributed by atoms with E-state index >= 15 is 0 Å². The van der Waals surface area contributed by atoms with Gasteiger partial charge in [-0.15, -0.1) is 0 Å². The van der Waals surface area contributed by atoms with Gasteiger partial charge in [0.05, 0.1) is 12.0 Å². The smallest absolute Gasteiger partial charge is 0.335 e. The van der Waals surface area contributed by atoms with E-state index in [1.165, 1.54) is 0 Å². The molecule has 0 saturated carbocycles. The Morgan fingerprint density at radius 3 is 2.73 bits per heavy atom. The van der Waals surface area contributed by atoms with Gasteiger partial charge in [0.15, 0.2) is 0 Å². The molecule has 0 saturated heterocycles. The minimum absolute atomic E-state index is 0.0949. The van der Waals surface area contributed by atoms with E-state index < -0.39 is 11.9 Å². The van der Waals surface area contributed by atoms with E-state index in [0.717, 1.165) is 0 Å². The molecule has 11 heavy (non-hydrogen) atoms. The summed E-state index contributed by atoms with van der Waals surface area (Å²) in [5.74, 6) is -1.24. The zero-order valence-corrected chi connectivity index (χ0v) is 6.09. The molecule has 0 unspecified atom stereocenters. The lowest BCUT2D eigenvalue weighted by Gasteiger charge is -1.95. The van der Waals surface area contributed by atoms with Crippen molar-refractivity contribution in [1.82, 2.24) is 0 Å². The first kappa shape index (κ1) is 7.78. The summed E-state index contributed by atoms with van der Waals surface area (Å²) >= 11 is 0. The second kappa shape index (κ2) is 2.74. The molecule has 0 aromatic rings. The first-order chi connectivity index (χ1) is 5.15. The van der Waals surface area contributed by atoms with Gasteiger partial charge in [0.1, 0.15) is 5.76 Å². The number of aliphatic carboxylic acids is 1. The van der Waals surface area contributed by atoms with Gasteiger partial charge in [-0.25, -0.2) is 4.79 Å². The summed E-state index contributed by atoms with van der Waals surface area (Å²) in [6.45, 7) is 1.75. The summed E-state index contributed by atoms with van der Waals surface area (Å²) in [6.07, 6.45) is 0.353. The molecule has 1 aliphatic heterocycles. The highest BCUT2D eigenvalue weighted by Gasteiger charge is 2.26. The summed E-state index contributed by atoms with van der Waals surface area (Å²) in [7, 11) is 0. The number of carbonyl (C=O) groups is 2. The van der Waals surface area contributed by atoms with Crippen molar-refractivity contribution < 1.29 is 19.4 Å². The van der Waals surface area contributed by atoms with Gasteiger partial charge in [0.2, 0.25) is 0 Å². The van der Waals surface area contributed by atoms with Crippen LogP contribution in [-0.4, -0.2) is 17.0 Å². The van der Waals surface area contributed by atoms with Crippen molar-refractivity contribution in [2.24, 2.45) is 0 Å². The van der Waals surface area contributed by atoms with Crippen LogP contribution in [0.25, 0.3) is 0 Å². The highest BCUT2D eigenvalue weighted by Crippen LogP contribution is 2.22. The van der Waals surface area contributed by atoms with E-state index in [-0.39, 0.29) is 12.0 Å². The van der Waals surface area contributed by atoms with E-state index in [0.29, 0.717) is 12.2 Å². The van der Waals surface area contributed by atoms with Gasteiger partial charge in [0.25, 0.3) is 0 Å². The van der Waals surface area contributed by atoms with E-state index in [4.69, 9.17) is 5.11 Å². The number of ether oxygens (including phenoxy) is 1. The third-order valence-corrected chi connectivity index (χ3v) is 1.47. The average Bonchev–Trinajstić information content (AvgIpc) is 2.30. The number of hydrogen-bond donors (Lipinski definition) is 1. The maximum absolute atomic E-state index is 10.6. The highest BCUT2D eigenvalue weighted by atomic mass is 16.5. The Bertz CT molecular complexity index is 239. The molecule has 4 heteroatoms. The lowest BCUT2D eigenvalue weighted by Crippen LogP contribution is -2.00. The Kier molecular flexibility index (Phi) is 1.94. The Morgan fingerprint density at radius 2 is 2.36 bits per heavy atom. The normalized spacial score (nSPS) is 17.0. The molecule has 0 bridgehead atoms. The van der Waals surface area contributed by atoms with Crippen molar-refractivity contribution in [3.8, 4) is 0 Å². The second-order valence-corrected chi connectivity index (χ2v) is 2.21. The maximum atomic E-state index is 10.6. The van der Waals surface area contributed by atoms with Crippen molar-refractivity contribution in [2.45, 2.75) is 19.8 Å². The Labute approximate surface area is 63.5 Å². The topological polar surface area (TPSA) is 63.6 Å². The molecule has 4 nitrogen and oxygen atoms in total. The maximum Gasteiger partial charge on any atom is 0.335 e. The number of cyclic esters (lactones) is 1. The molecule has 0 atom stereocenters. The first-order valence-electron chi connectivity index (χ1n) is 3.31. The standard InChI is InChI=1S/C7H8O4/c1-2-5-4(7(9)10)3-6(8)11-5/h2-3H2,1H3,(H,9,10). The van der Waals surface area contributed by atoms with E-state index in [1.807, 2.05) is 0 Å². The molecule has 0 aromatic heterocycles. The van der Waals surface area contributed by atoms with Crippen LogP contribution in [0.15, 0.2) is 11.3 Å². The zero-order valence-electron chi connectivity index (χ0n) is 6.09. The molecule has 0 aromatic carbocycles. The predicted octanol–water partition coefficient (Wildman–Crippen LogP) is 0.682. The molecule has 1 rings (SSSR count). The Morgan fingerprint density at radius 1 is 1.73 bits per heavy atom. The number of carboxylic acids is 1. The van der Waals surface area contributed by atoms with Gasteiger partial charge >= 0.3 is 11.9 Å². The predicted molar refractivity (Wildman–Crippen MR) is 35.7 cm³/mol. The lowest BCUT2D eigenvalue weighted by molar-refractivity contribution is -0.137. The number of allylic oxidation sites excluding steroid dienone is 1. The summed E-state index contributed by atoms with van der Waals surface area (Å²) in [5, 5.41) is 8.54. The van der Waals surface area contributed by atoms with Crippen LogP contribution in [0.5, 0.6) is 0 Å². The van der Waals surface area contributed by atoms with Crippen molar-refractivity contribution in [1.29, 1.82) is 0 Å². The third-order valence-electron chi connectivity index (χ3n) is 1.47. The van der Waals surface area contributed by atoms with Crippen LogP contribution in [0.4, 0.5) is 0 Å². The van der Waals surface area contributed by atoms with Crippen molar-refractivity contribution >= 4 is 11.9 Å². The lowest BCUT2D eigenvalue weighted by atomic mass is 10.2. The van der Waals surface area contributed by atoms with Crippen LogP contribution in [0.3, 0.4) is 0 Å². The summed E-state index contributed by atoms with van der Waals surface area (Å²) in [4.78, 5) is 21.0. The van der Waals surface area contributed by atoms with Gasteiger partial charge < -0.3 is 9.84 Å². The van der Waals surface area contributed by atoms with Gasteiger partial charge in [0, 0.05) is 6.42 Å². The summed E-state index contributed by atoms with van der Waals surface area (Å²) in [5.41, 5.74) is 0.0949. The van der Waals surface area contributed by atoms with Crippen LogP contribution in [0.2, 0.25) is 0 Å². The molecule has 0 aliphatic carbocycles. The molecule has 0 spiro atoms. The molecule has 0 radical (unpaired) electrons.